The van der Waals surface area contributed by atoms with E-state index in [0.717, 1.165) is 25.7 Å². The molecule has 1 aliphatic carbocycles. The van der Waals surface area contributed by atoms with E-state index in [1.54, 1.807) is 0 Å². The number of esters is 1. The largest absolute Gasteiger partial charge is 1.00 e. The van der Waals surface area contributed by atoms with Gasteiger partial charge in [0.25, 0.3) is 0 Å². The van der Waals surface area contributed by atoms with Crippen LogP contribution in [-0.4, -0.2) is 11.9 Å². The molecule has 0 amide bonds. The van der Waals surface area contributed by atoms with Crippen LogP contribution in [0.25, 0.3) is 0 Å². The van der Waals surface area contributed by atoms with Gasteiger partial charge in [-0.25, -0.2) is 0 Å². The first-order valence-corrected chi connectivity index (χ1v) is 11.2. The van der Waals surface area contributed by atoms with E-state index < -0.39 is 23.8 Å². The zero-order chi connectivity index (χ0) is 19.7. The standard InChI is InChI=1S/C23H40O4.Na/c1-2-3-4-5-6-7-8-9-10-11-12-13-16-19-27-23(26)21-18-15-14-17-20(21)22(24)25;/h16,19-21H,2-15,17-18H2,1H3,(H,24,25);/q;+1/p-1/b19-16+;. The molecule has 0 aliphatic heterocycles. The van der Waals surface area contributed by atoms with E-state index in [-0.39, 0.29) is 29.6 Å². The molecule has 2 atom stereocenters. The number of unbranched alkanes of at least 4 members (excludes halogenated alkanes) is 11. The van der Waals surface area contributed by atoms with Crippen molar-refractivity contribution in [2.75, 3.05) is 0 Å². The van der Waals surface area contributed by atoms with Crippen LogP contribution in [0.5, 0.6) is 0 Å². The Hall–Kier alpha value is -0.320. The molecule has 156 valence electrons. The van der Waals surface area contributed by atoms with Gasteiger partial charge < -0.3 is 14.6 Å². The normalized spacial score (nSPS) is 19.3. The summed E-state index contributed by atoms with van der Waals surface area (Å²) in [6.07, 6.45) is 21.5. The van der Waals surface area contributed by atoms with Crippen LogP contribution >= 0.6 is 0 Å². The Morgan fingerprint density at radius 1 is 0.857 bits per heavy atom. The summed E-state index contributed by atoms with van der Waals surface area (Å²) in [6, 6.07) is 0. The predicted molar refractivity (Wildman–Crippen MR) is 107 cm³/mol. The fourth-order valence-electron chi connectivity index (χ4n) is 3.89. The third-order valence-corrected chi connectivity index (χ3v) is 5.63. The van der Waals surface area contributed by atoms with E-state index in [1.807, 2.05) is 6.08 Å². The number of rotatable bonds is 15. The molecule has 4 nitrogen and oxygen atoms in total. The molecular weight excluding hydrogens is 363 g/mol. The Bertz CT molecular complexity index is 436. The zero-order valence-electron chi connectivity index (χ0n) is 18.3. The molecule has 2 unspecified atom stereocenters. The summed E-state index contributed by atoms with van der Waals surface area (Å²) < 4.78 is 5.15. The number of hydrogen-bond acceptors (Lipinski definition) is 4. The number of carboxylic acid groups (broad SMARTS) is 1. The SMILES string of the molecule is CCCCCCCCCCCCC/C=C/OC(=O)C1CCCCC1C(=O)[O-].[Na+]. The molecule has 28 heavy (non-hydrogen) atoms. The number of allylic oxidation sites excluding steroid dienone is 1. The molecule has 0 radical (unpaired) electrons. The van der Waals surface area contributed by atoms with Crippen LogP contribution in [0.15, 0.2) is 12.3 Å². The van der Waals surface area contributed by atoms with Gasteiger partial charge in [0.1, 0.15) is 0 Å². The summed E-state index contributed by atoms with van der Waals surface area (Å²) in [7, 11) is 0. The van der Waals surface area contributed by atoms with Crippen LogP contribution in [0.2, 0.25) is 0 Å². The first kappa shape index (κ1) is 27.7. The Balaban J connectivity index is 0.00000729. The molecule has 1 rings (SSSR count). The molecule has 1 saturated carbocycles. The third-order valence-electron chi connectivity index (χ3n) is 5.63. The van der Waals surface area contributed by atoms with Crippen molar-refractivity contribution in [1.29, 1.82) is 0 Å². The molecule has 0 spiro atoms. The van der Waals surface area contributed by atoms with Crippen molar-refractivity contribution in [2.45, 2.75) is 110 Å². The van der Waals surface area contributed by atoms with Crippen molar-refractivity contribution in [1.82, 2.24) is 0 Å². The maximum Gasteiger partial charge on any atom is 1.00 e. The van der Waals surface area contributed by atoms with Gasteiger partial charge in [0.15, 0.2) is 0 Å². The van der Waals surface area contributed by atoms with Gasteiger partial charge in [-0.1, -0.05) is 84.0 Å². The number of aliphatic carboxylic acids is 1. The van der Waals surface area contributed by atoms with Crippen LogP contribution in [-0.2, 0) is 14.3 Å². The number of hydrogen-bond donors (Lipinski definition) is 0. The van der Waals surface area contributed by atoms with E-state index in [0.29, 0.717) is 12.8 Å². The van der Waals surface area contributed by atoms with Crippen molar-refractivity contribution >= 4 is 11.9 Å². The van der Waals surface area contributed by atoms with Crippen LogP contribution < -0.4 is 34.7 Å². The minimum Gasteiger partial charge on any atom is -0.550 e. The molecule has 0 aromatic carbocycles. The maximum atomic E-state index is 12.1. The molecule has 0 aromatic rings. The minimum atomic E-state index is -1.12. The minimum absolute atomic E-state index is 0. The second-order valence-corrected chi connectivity index (χ2v) is 7.95. The average molecular weight is 403 g/mol. The van der Waals surface area contributed by atoms with Crippen molar-refractivity contribution in [3.8, 4) is 0 Å². The Kier molecular flexibility index (Phi) is 18.5. The fraction of sp³-hybridized carbons (Fsp3) is 0.826. The molecule has 0 bridgehead atoms. The summed E-state index contributed by atoms with van der Waals surface area (Å²) in [4.78, 5) is 23.2. The monoisotopic (exact) mass is 402 g/mol. The average Bonchev–Trinajstić information content (AvgIpc) is 2.68. The molecule has 0 aromatic heterocycles. The van der Waals surface area contributed by atoms with Gasteiger partial charge in [0, 0.05) is 11.9 Å². The summed E-state index contributed by atoms with van der Waals surface area (Å²) in [5.41, 5.74) is 0. The second-order valence-electron chi connectivity index (χ2n) is 7.95. The number of carbonyl (C=O) groups excluding carboxylic acids is 2. The molecule has 1 aliphatic rings. The van der Waals surface area contributed by atoms with Gasteiger partial charge in [-0.15, -0.1) is 0 Å². The zero-order valence-corrected chi connectivity index (χ0v) is 20.3. The first-order valence-electron chi connectivity index (χ1n) is 11.2. The van der Waals surface area contributed by atoms with E-state index in [1.165, 1.54) is 70.5 Å². The second kappa shape index (κ2) is 18.7. The van der Waals surface area contributed by atoms with Gasteiger partial charge in [0.2, 0.25) is 0 Å². The Labute approximate surface area is 194 Å². The van der Waals surface area contributed by atoms with Crippen LogP contribution in [0, 0.1) is 11.8 Å². The molecule has 0 saturated heterocycles. The van der Waals surface area contributed by atoms with E-state index in [4.69, 9.17) is 4.74 Å². The number of carbonyl (C=O) groups is 2. The van der Waals surface area contributed by atoms with E-state index in [9.17, 15) is 14.7 Å². The maximum absolute atomic E-state index is 12.1. The van der Waals surface area contributed by atoms with Crippen LogP contribution in [0.1, 0.15) is 110 Å². The van der Waals surface area contributed by atoms with Crippen molar-refractivity contribution < 1.29 is 49.0 Å². The van der Waals surface area contributed by atoms with Crippen molar-refractivity contribution in [3.63, 3.8) is 0 Å². The number of carboxylic acids is 1. The Morgan fingerprint density at radius 2 is 1.36 bits per heavy atom. The molecule has 1 fully saturated rings. The molecule has 0 heterocycles. The van der Waals surface area contributed by atoms with Gasteiger partial charge in [-0.2, -0.15) is 0 Å². The van der Waals surface area contributed by atoms with Crippen LogP contribution in [0.4, 0.5) is 0 Å². The quantitative estimate of drug-likeness (QED) is 0.182. The molecule has 5 heteroatoms. The summed E-state index contributed by atoms with van der Waals surface area (Å²) in [5.74, 6) is -2.78. The van der Waals surface area contributed by atoms with Gasteiger partial charge in [0.05, 0.1) is 12.2 Å². The molecule has 0 N–H and O–H groups in total. The topological polar surface area (TPSA) is 66.4 Å². The van der Waals surface area contributed by atoms with Gasteiger partial charge in [-0.05, 0) is 31.8 Å². The smallest absolute Gasteiger partial charge is 0.550 e. The van der Waals surface area contributed by atoms with Crippen LogP contribution in [0.3, 0.4) is 0 Å². The molecular formula is C23H39NaO4. The first-order chi connectivity index (χ1) is 13.2. The van der Waals surface area contributed by atoms with Gasteiger partial charge in [-0.3, -0.25) is 4.79 Å². The predicted octanol–water partition coefficient (Wildman–Crippen LogP) is 2.30. The number of ether oxygens (including phenoxy) is 1. The van der Waals surface area contributed by atoms with Crippen molar-refractivity contribution in [2.24, 2.45) is 11.8 Å². The van der Waals surface area contributed by atoms with Crippen molar-refractivity contribution in [3.05, 3.63) is 12.3 Å². The van der Waals surface area contributed by atoms with E-state index >= 15 is 0 Å². The summed E-state index contributed by atoms with van der Waals surface area (Å²) in [6.45, 7) is 2.25. The Morgan fingerprint density at radius 3 is 1.89 bits per heavy atom. The fourth-order valence-corrected chi connectivity index (χ4v) is 3.89. The van der Waals surface area contributed by atoms with Gasteiger partial charge >= 0.3 is 35.5 Å². The van der Waals surface area contributed by atoms with E-state index in [2.05, 4.69) is 6.92 Å². The summed E-state index contributed by atoms with van der Waals surface area (Å²) >= 11 is 0. The third kappa shape index (κ3) is 13.0. The summed E-state index contributed by atoms with van der Waals surface area (Å²) in [5, 5.41) is 11.1.